The largest absolute Gasteiger partial charge is 0.268 e. The molecule has 0 amide bonds. The number of nitrogens with zero attached hydrogens (tertiary/aromatic N) is 3. The Bertz CT molecular complexity index is 954. The van der Waals surface area contributed by atoms with Crippen LogP contribution in [0.5, 0.6) is 0 Å². The predicted molar refractivity (Wildman–Crippen MR) is 99.0 cm³/mol. The summed E-state index contributed by atoms with van der Waals surface area (Å²) in [4.78, 5) is 4.14. The molecule has 6 nitrogen and oxygen atoms in total. The van der Waals surface area contributed by atoms with E-state index in [1.807, 2.05) is 18.2 Å². The van der Waals surface area contributed by atoms with Gasteiger partial charge in [0.1, 0.15) is 5.82 Å². The topological polar surface area (TPSA) is 76.9 Å². The second-order valence-corrected chi connectivity index (χ2v) is 7.82. The Balaban J connectivity index is 1.72. The minimum absolute atomic E-state index is 0.0501. The van der Waals surface area contributed by atoms with E-state index >= 15 is 0 Å². The lowest BCUT2D eigenvalue weighted by Gasteiger charge is -2.07. The smallest absolute Gasteiger partial charge is 0.234 e. The Morgan fingerprint density at radius 1 is 1.16 bits per heavy atom. The second kappa shape index (κ2) is 7.25. The normalized spacial score (nSPS) is 11.4. The standard InChI is InChI=1S/C17H17ClN4O2S/c1-22-17(12-16(20-22)13-5-7-14(18)8-6-13)21-25(23,24)11-9-15-4-2-3-10-19-15/h2-8,10,12,21H,9,11H2,1H3. The van der Waals surface area contributed by atoms with Crippen LogP contribution in [0.3, 0.4) is 0 Å². The molecule has 0 spiro atoms. The van der Waals surface area contributed by atoms with Gasteiger partial charge < -0.3 is 0 Å². The van der Waals surface area contributed by atoms with Crippen LogP contribution in [-0.4, -0.2) is 28.9 Å². The highest BCUT2D eigenvalue weighted by molar-refractivity contribution is 7.92. The number of hydrogen-bond donors (Lipinski definition) is 1. The first kappa shape index (κ1) is 17.4. The summed E-state index contributed by atoms with van der Waals surface area (Å²) in [5, 5.41) is 4.98. The van der Waals surface area contributed by atoms with Crippen LogP contribution in [0.4, 0.5) is 5.82 Å². The summed E-state index contributed by atoms with van der Waals surface area (Å²) in [6, 6.07) is 14.3. The Hall–Kier alpha value is -2.38. The van der Waals surface area contributed by atoms with E-state index in [0.717, 1.165) is 11.3 Å². The molecule has 3 rings (SSSR count). The summed E-state index contributed by atoms with van der Waals surface area (Å²) in [5.41, 5.74) is 2.26. The summed E-state index contributed by atoms with van der Waals surface area (Å²) in [6.07, 6.45) is 1.99. The number of aryl methyl sites for hydroxylation is 2. The molecule has 0 atom stereocenters. The molecule has 2 aromatic heterocycles. The minimum Gasteiger partial charge on any atom is -0.268 e. The van der Waals surface area contributed by atoms with Crippen LogP contribution in [0.2, 0.25) is 5.02 Å². The molecular weight excluding hydrogens is 360 g/mol. The lowest BCUT2D eigenvalue weighted by atomic mass is 10.1. The Kier molecular flexibility index (Phi) is 5.06. The molecule has 0 bridgehead atoms. The van der Waals surface area contributed by atoms with Gasteiger partial charge in [0.05, 0.1) is 11.4 Å². The van der Waals surface area contributed by atoms with Crippen LogP contribution < -0.4 is 4.72 Å². The van der Waals surface area contributed by atoms with Gasteiger partial charge in [-0.25, -0.2) is 8.42 Å². The van der Waals surface area contributed by atoms with Crippen molar-refractivity contribution in [2.24, 2.45) is 7.05 Å². The molecule has 0 saturated heterocycles. The van der Waals surface area contributed by atoms with Crippen molar-refractivity contribution in [3.05, 3.63) is 65.4 Å². The molecule has 8 heteroatoms. The van der Waals surface area contributed by atoms with Crippen molar-refractivity contribution in [1.29, 1.82) is 0 Å². The zero-order valence-corrected chi connectivity index (χ0v) is 15.1. The molecule has 25 heavy (non-hydrogen) atoms. The van der Waals surface area contributed by atoms with Gasteiger partial charge in [0.25, 0.3) is 0 Å². The number of aromatic nitrogens is 3. The number of hydrogen-bond acceptors (Lipinski definition) is 4. The first-order valence-corrected chi connectivity index (χ1v) is 9.66. The van der Waals surface area contributed by atoms with Crippen LogP contribution in [-0.2, 0) is 23.5 Å². The molecule has 0 aliphatic rings. The van der Waals surface area contributed by atoms with E-state index in [0.29, 0.717) is 23.0 Å². The van der Waals surface area contributed by atoms with Crippen LogP contribution >= 0.6 is 11.6 Å². The number of rotatable bonds is 6. The molecule has 130 valence electrons. The predicted octanol–water partition coefficient (Wildman–Crippen LogP) is 3.12. The van der Waals surface area contributed by atoms with E-state index in [1.54, 1.807) is 43.6 Å². The van der Waals surface area contributed by atoms with E-state index in [9.17, 15) is 8.42 Å². The van der Waals surface area contributed by atoms with E-state index in [4.69, 9.17) is 11.6 Å². The number of sulfonamides is 1. The molecule has 1 aromatic carbocycles. The first-order chi connectivity index (χ1) is 11.9. The third kappa shape index (κ3) is 4.58. The third-order valence-corrected chi connectivity index (χ3v) is 5.15. The molecule has 0 saturated carbocycles. The Labute approximate surface area is 151 Å². The van der Waals surface area contributed by atoms with Crippen molar-refractivity contribution < 1.29 is 8.42 Å². The summed E-state index contributed by atoms with van der Waals surface area (Å²) < 4.78 is 28.7. The van der Waals surface area contributed by atoms with Crippen molar-refractivity contribution in [1.82, 2.24) is 14.8 Å². The molecular formula is C17H17ClN4O2S. The van der Waals surface area contributed by atoms with Gasteiger partial charge in [0.2, 0.25) is 10.0 Å². The van der Waals surface area contributed by atoms with E-state index in [-0.39, 0.29) is 5.75 Å². The van der Waals surface area contributed by atoms with Gasteiger partial charge in [-0.15, -0.1) is 0 Å². The third-order valence-electron chi connectivity index (χ3n) is 3.63. The fraction of sp³-hybridized carbons (Fsp3) is 0.176. The number of pyridine rings is 1. The van der Waals surface area contributed by atoms with Gasteiger partial charge in [-0.3, -0.25) is 14.4 Å². The number of benzene rings is 1. The van der Waals surface area contributed by atoms with Crippen molar-refractivity contribution >= 4 is 27.4 Å². The number of nitrogens with one attached hydrogen (secondary N) is 1. The molecule has 1 N–H and O–H groups in total. The van der Waals surface area contributed by atoms with Gasteiger partial charge in [-0.05, 0) is 24.3 Å². The lowest BCUT2D eigenvalue weighted by Crippen LogP contribution is -2.20. The number of anilines is 1. The molecule has 0 fully saturated rings. The van der Waals surface area contributed by atoms with Crippen LogP contribution in [0, 0.1) is 0 Å². The highest BCUT2D eigenvalue weighted by Gasteiger charge is 2.15. The fourth-order valence-electron chi connectivity index (χ4n) is 2.32. The van der Waals surface area contributed by atoms with E-state index in [1.165, 1.54) is 4.68 Å². The molecule has 2 heterocycles. The fourth-order valence-corrected chi connectivity index (χ4v) is 3.54. The summed E-state index contributed by atoms with van der Waals surface area (Å²) >= 11 is 5.89. The Morgan fingerprint density at radius 2 is 1.92 bits per heavy atom. The number of halogens is 1. The maximum absolute atomic E-state index is 12.3. The monoisotopic (exact) mass is 376 g/mol. The highest BCUT2D eigenvalue weighted by Crippen LogP contribution is 2.23. The average Bonchev–Trinajstić information content (AvgIpc) is 2.95. The zero-order chi connectivity index (χ0) is 17.9. The summed E-state index contributed by atoms with van der Waals surface area (Å²) in [7, 11) is -1.81. The molecule has 0 aliphatic heterocycles. The van der Waals surface area contributed by atoms with Gasteiger partial charge in [0.15, 0.2) is 0 Å². The SMILES string of the molecule is Cn1nc(-c2ccc(Cl)cc2)cc1NS(=O)(=O)CCc1ccccn1. The van der Waals surface area contributed by atoms with Gasteiger partial charge in [-0.1, -0.05) is 29.8 Å². The maximum Gasteiger partial charge on any atom is 0.234 e. The van der Waals surface area contributed by atoms with Gasteiger partial charge in [-0.2, -0.15) is 5.10 Å². The van der Waals surface area contributed by atoms with Gasteiger partial charge >= 0.3 is 0 Å². The average molecular weight is 377 g/mol. The second-order valence-electron chi connectivity index (χ2n) is 5.54. The van der Waals surface area contributed by atoms with Crippen LogP contribution in [0.15, 0.2) is 54.7 Å². The molecule has 0 aliphatic carbocycles. The Morgan fingerprint density at radius 3 is 2.60 bits per heavy atom. The first-order valence-electron chi connectivity index (χ1n) is 7.63. The molecule has 0 radical (unpaired) electrons. The maximum atomic E-state index is 12.3. The zero-order valence-electron chi connectivity index (χ0n) is 13.6. The van der Waals surface area contributed by atoms with Crippen molar-refractivity contribution in [3.8, 4) is 11.3 Å². The minimum atomic E-state index is -3.50. The summed E-state index contributed by atoms with van der Waals surface area (Å²) in [6.45, 7) is 0. The van der Waals surface area contributed by atoms with Gasteiger partial charge in [0, 0.05) is 42.0 Å². The quantitative estimate of drug-likeness (QED) is 0.717. The van der Waals surface area contributed by atoms with E-state index < -0.39 is 10.0 Å². The van der Waals surface area contributed by atoms with Crippen LogP contribution in [0.1, 0.15) is 5.69 Å². The van der Waals surface area contributed by atoms with Crippen molar-refractivity contribution in [2.45, 2.75) is 6.42 Å². The molecule has 0 unspecified atom stereocenters. The van der Waals surface area contributed by atoms with E-state index in [2.05, 4.69) is 14.8 Å². The lowest BCUT2D eigenvalue weighted by molar-refractivity contribution is 0.599. The molecule has 3 aromatic rings. The highest BCUT2D eigenvalue weighted by atomic mass is 35.5. The van der Waals surface area contributed by atoms with Crippen molar-refractivity contribution in [3.63, 3.8) is 0 Å². The van der Waals surface area contributed by atoms with Crippen molar-refractivity contribution in [2.75, 3.05) is 10.5 Å². The summed E-state index contributed by atoms with van der Waals surface area (Å²) in [5.74, 6) is 0.358. The van der Waals surface area contributed by atoms with Crippen LogP contribution in [0.25, 0.3) is 11.3 Å².